The van der Waals surface area contributed by atoms with Crippen molar-refractivity contribution in [1.82, 2.24) is 0 Å². The first kappa shape index (κ1) is 20.9. The first-order chi connectivity index (χ1) is 13.1. The average Bonchev–Trinajstić information content (AvgIpc) is 2.69. The van der Waals surface area contributed by atoms with Crippen LogP contribution in [-0.4, -0.2) is 25.9 Å². The van der Waals surface area contributed by atoms with Gasteiger partial charge in [0.05, 0.1) is 32.5 Å². The van der Waals surface area contributed by atoms with Gasteiger partial charge in [0.2, 0.25) is 5.75 Å². The van der Waals surface area contributed by atoms with Gasteiger partial charge in [-0.25, -0.2) is 0 Å². The van der Waals surface area contributed by atoms with E-state index in [0.29, 0.717) is 52.4 Å². The van der Waals surface area contributed by atoms with Crippen molar-refractivity contribution in [3.63, 3.8) is 0 Å². The summed E-state index contributed by atoms with van der Waals surface area (Å²) in [7, 11) is 3.05. The summed E-state index contributed by atoms with van der Waals surface area (Å²) in [5, 5.41) is 9.81. The number of aliphatic hydroxyl groups is 1. The van der Waals surface area contributed by atoms with Gasteiger partial charge in [0.15, 0.2) is 11.5 Å². The number of benzene rings is 2. The first-order valence-corrected chi connectivity index (χ1v) is 9.05. The van der Waals surface area contributed by atoms with Crippen LogP contribution in [0.1, 0.15) is 24.5 Å². The monoisotopic (exact) mass is 392 g/mol. The molecule has 2 aromatic carbocycles. The van der Waals surface area contributed by atoms with E-state index in [4.69, 9.17) is 30.5 Å². The Kier molecular flexibility index (Phi) is 7.82. The van der Waals surface area contributed by atoms with E-state index in [9.17, 15) is 5.11 Å². The maximum absolute atomic E-state index is 9.40. The fraction of sp³-hybridized carbons (Fsp3) is 0.333. The summed E-state index contributed by atoms with van der Waals surface area (Å²) in [6.07, 6.45) is 3.31. The molecule has 0 unspecified atom stereocenters. The molecule has 2 rings (SSSR count). The predicted molar refractivity (Wildman–Crippen MR) is 107 cm³/mol. The Labute approximate surface area is 165 Å². The summed E-state index contributed by atoms with van der Waals surface area (Å²) >= 11 is 6.43. The van der Waals surface area contributed by atoms with Gasteiger partial charge in [-0.3, -0.25) is 0 Å². The summed E-state index contributed by atoms with van der Waals surface area (Å²) in [4.78, 5) is 0. The lowest BCUT2D eigenvalue weighted by Gasteiger charge is -2.18. The number of aliphatic hydroxyl groups excluding tert-OH is 1. The molecule has 0 heterocycles. The molecule has 0 bridgehead atoms. The van der Waals surface area contributed by atoms with Gasteiger partial charge in [-0.15, -0.1) is 6.58 Å². The molecular weight excluding hydrogens is 368 g/mol. The highest BCUT2D eigenvalue weighted by atomic mass is 35.5. The molecule has 0 spiro atoms. The fourth-order valence-corrected chi connectivity index (χ4v) is 2.75. The lowest BCUT2D eigenvalue weighted by molar-refractivity contribution is 0.278. The third kappa shape index (κ3) is 5.08. The minimum atomic E-state index is -0.138. The van der Waals surface area contributed by atoms with Gasteiger partial charge in [-0.05, 0) is 36.6 Å². The second kappa shape index (κ2) is 10.1. The van der Waals surface area contributed by atoms with E-state index >= 15 is 0 Å². The maximum atomic E-state index is 9.40. The topological polar surface area (TPSA) is 57.2 Å². The normalized spacial score (nSPS) is 10.4. The number of hydrogen-bond donors (Lipinski definition) is 1. The van der Waals surface area contributed by atoms with Crippen LogP contribution in [0.25, 0.3) is 0 Å². The van der Waals surface area contributed by atoms with E-state index in [2.05, 4.69) is 6.58 Å². The third-order valence-corrected chi connectivity index (χ3v) is 4.15. The maximum Gasteiger partial charge on any atom is 0.211 e. The number of methoxy groups -OCH3 is 2. The molecule has 0 saturated carbocycles. The second-order valence-electron chi connectivity index (χ2n) is 5.82. The lowest BCUT2D eigenvalue weighted by Crippen LogP contribution is -2.01. The standard InChI is InChI=1S/C21H25ClO5/c1-5-7-15-11-18(16(22)12-17(15)26-8-6-2)27-21-19(24-3)9-14(13-23)10-20(21)25-4/h5,9-12,23H,1,6-8,13H2,2-4H3. The molecule has 27 heavy (non-hydrogen) atoms. The van der Waals surface area contributed by atoms with Crippen LogP contribution in [0.4, 0.5) is 0 Å². The van der Waals surface area contributed by atoms with Gasteiger partial charge in [0.1, 0.15) is 11.5 Å². The number of halogens is 1. The zero-order valence-corrected chi connectivity index (χ0v) is 16.6. The quantitative estimate of drug-likeness (QED) is 0.566. The molecule has 0 amide bonds. The Hall–Kier alpha value is -2.37. The molecule has 0 aliphatic rings. The summed E-state index contributed by atoms with van der Waals surface area (Å²) in [6, 6.07) is 6.95. The van der Waals surface area contributed by atoms with Gasteiger partial charge in [0.25, 0.3) is 0 Å². The minimum Gasteiger partial charge on any atom is -0.493 e. The number of hydrogen-bond acceptors (Lipinski definition) is 5. The Bertz CT molecular complexity index is 763. The fourth-order valence-electron chi connectivity index (χ4n) is 2.55. The third-order valence-electron chi connectivity index (χ3n) is 3.86. The molecule has 0 saturated heterocycles. The molecule has 0 aromatic heterocycles. The first-order valence-electron chi connectivity index (χ1n) is 8.67. The largest absolute Gasteiger partial charge is 0.493 e. The Morgan fingerprint density at radius 3 is 2.22 bits per heavy atom. The van der Waals surface area contributed by atoms with E-state index in [1.165, 1.54) is 14.2 Å². The molecule has 1 N–H and O–H groups in total. The van der Waals surface area contributed by atoms with Crippen LogP contribution < -0.4 is 18.9 Å². The molecule has 6 heteroatoms. The zero-order valence-electron chi connectivity index (χ0n) is 15.9. The van der Waals surface area contributed by atoms with E-state index in [1.807, 2.05) is 13.0 Å². The van der Waals surface area contributed by atoms with Crippen LogP contribution >= 0.6 is 11.6 Å². The van der Waals surface area contributed by atoms with E-state index in [0.717, 1.165) is 12.0 Å². The average molecular weight is 393 g/mol. The van der Waals surface area contributed by atoms with Crippen molar-refractivity contribution in [3.8, 4) is 28.7 Å². The predicted octanol–water partition coefficient (Wildman–Crippen LogP) is 5.16. The highest BCUT2D eigenvalue weighted by molar-refractivity contribution is 6.32. The minimum absolute atomic E-state index is 0.138. The van der Waals surface area contributed by atoms with Crippen molar-refractivity contribution >= 4 is 11.6 Å². The molecular formula is C21H25ClO5. The highest BCUT2D eigenvalue weighted by Crippen LogP contribution is 2.44. The van der Waals surface area contributed by atoms with Gasteiger partial charge >= 0.3 is 0 Å². The van der Waals surface area contributed by atoms with Crippen molar-refractivity contribution in [1.29, 1.82) is 0 Å². The van der Waals surface area contributed by atoms with E-state index in [-0.39, 0.29) is 6.61 Å². The number of ether oxygens (including phenoxy) is 4. The van der Waals surface area contributed by atoms with Crippen molar-refractivity contribution in [3.05, 3.63) is 53.1 Å². The van der Waals surface area contributed by atoms with Gasteiger partial charge in [-0.2, -0.15) is 0 Å². The summed E-state index contributed by atoms with van der Waals surface area (Å²) in [6.45, 7) is 6.30. The molecule has 0 aliphatic carbocycles. The molecule has 146 valence electrons. The zero-order chi connectivity index (χ0) is 19.8. The smallest absolute Gasteiger partial charge is 0.211 e. The van der Waals surface area contributed by atoms with E-state index in [1.54, 1.807) is 24.3 Å². The van der Waals surface area contributed by atoms with Crippen LogP contribution in [0.3, 0.4) is 0 Å². The second-order valence-corrected chi connectivity index (χ2v) is 6.23. The Balaban J connectivity index is 2.47. The molecule has 0 radical (unpaired) electrons. The Morgan fingerprint density at radius 1 is 1.04 bits per heavy atom. The van der Waals surface area contributed by atoms with Crippen molar-refractivity contribution < 1.29 is 24.1 Å². The molecule has 0 fully saturated rings. The van der Waals surface area contributed by atoms with Crippen molar-refractivity contribution in [2.24, 2.45) is 0 Å². The molecule has 0 aliphatic heterocycles. The molecule has 5 nitrogen and oxygen atoms in total. The summed E-state index contributed by atoms with van der Waals surface area (Å²) < 4.78 is 22.6. The van der Waals surface area contributed by atoms with Gasteiger partial charge in [-0.1, -0.05) is 24.6 Å². The number of allylic oxidation sites excluding steroid dienone is 1. The van der Waals surface area contributed by atoms with Crippen molar-refractivity contribution in [2.45, 2.75) is 26.4 Å². The Morgan fingerprint density at radius 2 is 1.70 bits per heavy atom. The molecule has 2 aromatic rings. The van der Waals surface area contributed by atoms with Crippen LogP contribution in [0.2, 0.25) is 5.02 Å². The van der Waals surface area contributed by atoms with Crippen LogP contribution in [-0.2, 0) is 13.0 Å². The van der Waals surface area contributed by atoms with Crippen LogP contribution in [0, 0.1) is 0 Å². The SMILES string of the molecule is C=CCc1cc(Oc2c(OC)cc(CO)cc2OC)c(Cl)cc1OCCC. The highest BCUT2D eigenvalue weighted by Gasteiger charge is 2.18. The summed E-state index contributed by atoms with van der Waals surface area (Å²) in [5.41, 5.74) is 1.57. The van der Waals surface area contributed by atoms with Crippen LogP contribution in [0.5, 0.6) is 28.7 Å². The van der Waals surface area contributed by atoms with Crippen LogP contribution in [0.15, 0.2) is 36.9 Å². The lowest BCUT2D eigenvalue weighted by atomic mass is 10.1. The van der Waals surface area contributed by atoms with Crippen molar-refractivity contribution in [2.75, 3.05) is 20.8 Å². The summed E-state index contributed by atoms with van der Waals surface area (Å²) in [5.74, 6) is 2.41. The van der Waals surface area contributed by atoms with E-state index < -0.39 is 0 Å². The molecule has 0 atom stereocenters. The van der Waals surface area contributed by atoms with Gasteiger partial charge in [0, 0.05) is 11.6 Å². The van der Waals surface area contributed by atoms with Gasteiger partial charge < -0.3 is 24.1 Å². The number of rotatable bonds is 10.